The molecule has 1 aliphatic carbocycles. The van der Waals surface area contributed by atoms with Crippen molar-refractivity contribution in [2.75, 3.05) is 6.61 Å². The number of H-pyrrole nitrogens is 1. The molecule has 2 heterocycles. The van der Waals surface area contributed by atoms with Gasteiger partial charge in [-0.2, -0.15) is 0 Å². The zero-order valence-corrected chi connectivity index (χ0v) is 20.6. The number of hydrogen-bond acceptors (Lipinski definition) is 5. The number of carbonyl (C=O) groups excluding carboxylic acids is 1. The average molecular weight is 502 g/mol. The predicted octanol–water partition coefficient (Wildman–Crippen LogP) is 6.43. The quantitative estimate of drug-likeness (QED) is 0.155. The smallest absolute Gasteiger partial charge is 0.372 e. The molecule has 192 valence electrons. The number of unbranched alkanes of at least 4 members (excludes halogenated alkanes) is 1. The number of carboxylic acid groups (broad SMARTS) is 1. The van der Waals surface area contributed by atoms with Gasteiger partial charge >= 0.3 is 5.97 Å². The van der Waals surface area contributed by atoms with E-state index in [1.54, 1.807) is 24.4 Å². The Morgan fingerprint density at radius 2 is 1.73 bits per heavy atom. The molecule has 0 saturated heterocycles. The minimum absolute atomic E-state index is 0.00979. The number of fused-ring (bicyclic) bond motifs is 1. The minimum Gasteiger partial charge on any atom is -0.504 e. The van der Waals surface area contributed by atoms with E-state index in [-0.39, 0.29) is 12.2 Å². The first kappa shape index (κ1) is 24.8. The number of aromatic carboxylic acids is 1. The van der Waals surface area contributed by atoms with Crippen molar-refractivity contribution in [2.45, 2.75) is 57.3 Å². The van der Waals surface area contributed by atoms with Crippen LogP contribution < -0.4 is 0 Å². The fourth-order valence-electron chi connectivity index (χ4n) is 5.52. The summed E-state index contributed by atoms with van der Waals surface area (Å²) in [6.45, 7) is 0.125. The number of para-hydroxylation sites is 1. The fraction of sp³-hybridized carbons (Fsp3) is 0.333. The van der Waals surface area contributed by atoms with E-state index in [0.29, 0.717) is 28.9 Å². The molecule has 2 aromatic heterocycles. The van der Waals surface area contributed by atoms with E-state index < -0.39 is 29.0 Å². The monoisotopic (exact) mass is 501 g/mol. The second-order valence-corrected chi connectivity index (χ2v) is 9.80. The molecule has 2 aromatic carbocycles. The summed E-state index contributed by atoms with van der Waals surface area (Å²) in [5.74, 6) is -2.78. The van der Waals surface area contributed by atoms with Crippen LogP contribution in [-0.4, -0.2) is 38.7 Å². The number of aromatic amines is 1. The molecule has 0 radical (unpaired) electrons. The van der Waals surface area contributed by atoms with Crippen LogP contribution >= 0.6 is 0 Å². The van der Waals surface area contributed by atoms with Gasteiger partial charge in [-0.05, 0) is 54.7 Å². The number of aromatic nitrogens is 1. The third-order valence-corrected chi connectivity index (χ3v) is 7.46. The number of hydrogen-bond donors (Lipinski definition) is 4. The lowest BCUT2D eigenvalue weighted by molar-refractivity contribution is 0.0661. The van der Waals surface area contributed by atoms with Gasteiger partial charge in [-0.15, -0.1) is 0 Å². The molecule has 4 N–H and O–H groups in total. The van der Waals surface area contributed by atoms with Gasteiger partial charge in [-0.3, -0.25) is 4.79 Å². The lowest BCUT2D eigenvalue weighted by atomic mass is 9.83. The molecule has 7 heteroatoms. The van der Waals surface area contributed by atoms with Crippen LogP contribution in [0.4, 0.5) is 0 Å². The molecule has 7 nitrogen and oxygen atoms in total. The molecule has 0 spiro atoms. The Morgan fingerprint density at radius 1 is 0.973 bits per heavy atom. The second-order valence-electron chi connectivity index (χ2n) is 9.80. The summed E-state index contributed by atoms with van der Waals surface area (Å²) in [5, 5.41) is 30.6. The van der Waals surface area contributed by atoms with Crippen LogP contribution in [0.15, 0.2) is 53.1 Å². The number of ketones is 1. The number of aliphatic hydroxyl groups excluding tert-OH is 1. The standard InChI is InChI=1S/C30H31NO6/c32-16-5-4-9-21-10-6-11-22-23(17-31-25(21)22)26(33)29-27(34)24(28(37-29)30(35)36)20-14-12-19(13-15-20)18-7-2-1-3-8-18/h6,10-15,17-18,31-32,34H,1-5,7-9,16H2,(H,35,36). The Balaban J connectivity index is 1.49. The van der Waals surface area contributed by atoms with E-state index in [9.17, 15) is 19.8 Å². The highest BCUT2D eigenvalue weighted by atomic mass is 16.4. The summed E-state index contributed by atoms with van der Waals surface area (Å²) in [6, 6.07) is 13.2. The maximum absolute atomic E-state index is 13.5. The normalized spacial score (nSPS) is 14.3. The van der Waals surface area contributed by atoms with E-state index in [0.717, 1.165) is 36.8 Å². The summed E-state index contributed by atoms with van der Waals surface area (Å²) in [7, 11) is 0. The Bertz CT molecular complexity index is 1420. The van der Waals surface area contributed by atoms with Gasteiger partial charge in [-0.1, -0.05) is 61.7 Å². The topological polar surface area (TPSA) is 124 Å². The second kappa shape index (κ2) is 10.6. The number of furan rings is 1. The van der Waals surface area contributed by atoms with Crippen molar-refractivity contribution in [1.82, 2.24) is 4.98 Å². The molecular formula is C30H31NO6. The zero-order valence-electron chi connectivity index (χ0n) is 20.6. The maximum atomic E-state index is 13.5. The van der Waals surface area contributed by atoms with Crippen LogP contribution in [-0.2, 0) is 6.42 Å². The molecule has 1 fully saturated rings. The number of aryl methyl sites for hydroxylation is 1. The largest absolute Gasteiger partial charge is 0.504 e. The van der Waals surface area contributed by atoms with Gasteiger partial charge in [0.15, 0.2) is 5.75 Å². The number of rotatable bonds is 9. The number of nitrogens with one attached hydrogen (secondary N) is 1. The van der Waals surface area contributed by atoms with Gasteiger partial charge in [0, 0.05) is 23.7 Å². The van der Waals surface area contributed by atoms with E-state index in [2.05, 4.69) is 4.98 Å². The first-order valence-electron chi connectivity index (χ1n) is 12.9. The molecule has 0 atom stereocenters. The third-order valence-electron chi connectivity index (χ3n) is 7.46. The number of carbonyl (C=O) groups is 2. The van der Waals surface area contributed by atoms with E-state index in [4.69, 9.17) is 9.52 Å². The van der Waals surface area contributed by atoms with Gasteiger partial charge in [0.25, 0.3) is 0 Å². The molecule has 0 aliphatic heterocycles. The van der Waals surface area contributed by atoms with E-state index in [1.807, 2.05) is 24.3 Å². The van der Waals surface area contributed by atoms with Crippen molar-refractivity contribution in [3.63, 3.8) is 0 Å². The first-order chi connectivity index (χ1) is 18.0. The van der Waals surface area contributed by atoms with Crippen LogP contribution in [0.2, 0.25) is 0 Å². The van der Waals surface area contributed by atoms with E-state index >= 15 is 0 Å². The first-order valence-corrected chi connectivity index (χ1v) is 12.9. The highest BCUT2D eigenvalue weighted by Gasteiger charge is 2.31. The van der Waals surface area contributed by atoms with Crippen molar-refractivity contribution in [3.05, 3.63) is 76.9 Å². The van der Waals surface area contributed by atoms with Gasteiger partial charge in [0.2, 0.25) is 17.3 Å². The molecule has 0 bridgehead atoms. The van der Waals surface area contributed by atoms with Crippen molar-refractivity contribution in [3.8, 4) is 16.9 Å². The summed E-state index contributed by atoms with van der Waals surface area (Å²) in [4.78, 5) is 28.7. The van der Waals surface area contributed by atoms with Gasteiger partial charge in [-0.25, -0.2) is 4.79 Å². The summed E-state index contributed by atoms with van der Waals surface area (Å²) in [6.07, 6.45) is 9.76. The Kier molecular flexibility index (Phi) is 7.15. The summed E-state index contributed by atoms with van der Waals surface area (Å²) >= 11 is 0. The number of aliphatic hydroxyl groups is 1. The number of aromatic hydroxyl groups is 1. The number of benzene rings is 2. The van der Waals surface area contributed by atoms with Gasteiger partial charge < -0.3 is 24.7 Å². The van der Waals surface area contributed by atoms with Crippen molar-refractivity contribution in [2.24, 2.45) is 0 Å². The average Bonchev–Trinajstić information content (AvgIpc) is 3.51. The highest BCUT2D eigenvalue weighted by molar-refractivity contribution is 6.18. The van der Waals surface area contributed by atoms with Crippen molar-refractivity contribution < 1.29 is 29.3 Å². The van der Waals surface area contributed by atoms with Crippen LogP contribution in [0.25, 0.3) is 22.0 Å². The fourth-order valence-corrected chi connectivity index (χ4v) is 5.52. The van der Waals surface area contributed by atoms with E-state index in [1.165, 1.54) is 24.8 Å². The van der Waals surface area contributed by atoms with Crippen LogP contribution in [0.5, 0.6) is 5.75 Å². The molecule has 0 unspecified atom stereocenters. The van der Waals surface area contributed by atoms with Crippen molar-refractivity contribution in [1.29, 1.82) is 0 Å². The molecule has 1 saturated carbocycles. The molecule has 1 aliphatic rings. The van der Waals surface area contributed by atoms with Crippen molar-refractivity contribution >= 4 is 22.7 Å². The maximum Gasteiger partial charge on any atom is 0.372 e. The molecule has 37 heavy (non-hydrogen) atoms. The Hall–Kier alpha value is -3.84. The van der Waals surface area contributed by atoms with Gasteiger partial charge in [0.1, 0.15) is 0 Å². The Labute approximate surface area is 214 Å². The van der Waals surface area contributed by atoms with Crippen LogP contribution in [0, 0.1) is 0 Å². The summed E-state index contributed by atoms with van der Waals surface area (Å²) < 4.78 is 5.51. The highest BCUT2D eigenvalue weighted by Crippen LogP contribution is 2.41. The Morgan fingerprint density at radius 3 is 2.43 bits per heavy atom. The SMILES string of the molecule is O=C(O)c1oc(C(=O)c2c[nH]c3c(CCCCO)cccc23)c(O)c1-c1ccc(C2CCCCC2)cc1. The molecular weight excluding hydrogens is 470 g/mol. The predicted molar refractivity (Wildman–Crippen MR) is 140 cm³/mol. The lowest BCUT2D eigenvalue weighted by Gasteiger charge is -2.22. The molecule has 0 amide bonds. The minimum atomic E-state index is -1.36. The third kappa shape index (κ3) is 4.79. The zero-order chi connectivity index (χ0) is 25.9. The molecule has 5 rings (SSSR count). The van der Waals surface area contributed by atoms with Gasteiger partial charge in [0.05, 0.1) is 11.1 Å². The molecule has 4 aromatic rings. The number of carboxylic acids is 1. The van der Waals surface area contributed by atoms with Crippen LogP contribution in [0.3, 0.4) is 0 Å². The summed E-state index contributed by atoms with van der Waals surface area (Å²) in [5.41, 5.74) is 3.80. The lowest BCUT2D eigenvalue weighted by Crippen LogP contribution is -2.04. The van der Waals surface area contributed by atoms with Crippen LogP contribution in [0.1, 0.15) is 88.7 Å².